The maximum absolute atomic E-state index is 5.56. The third-order valence-corrected chi connectivity index (χ3v) is 4.32. The molecule has 1 N–H and O–H groups in total. The summed E-state index contributed by atoms with van der Waals surface area (Å²) in [5.41, 5.74) is 1.51. The lowest BCUT2D eigenvalue weighted by Crippen LogP contribution is -2.25. The SMILES string of the molecule is CC(C)COCCNCC1CSc2ccccc21. The molecule has 2 nitrogen and oxygen atoms in total. The maximum atomic E-state index is 5.56. The Morgan fingerprint density at radius 2 is 2.22 bits per heavy atom. The predicted octanol–water partition coefficient (Wildman–Crippen LogP) is 3.14. The van der Waals surface area contributed by atoms with Gasteiger partial charge in [-0.1, -0.05) is 32.0 Å². The first kappa shape index (κ1) is 13.9. The van der Waals surface area contributed by atoms with E-state index >= 15 is 0 Å². The van der Waals surface area contributed by atoms with Gasteiger partial charge in [-0.2, -0.15) is 0 Å². The van der Waals surface area contributed by atoms with Gasteiger partial charge in [0, 0.05) is 36.3 Å². The first-order chi connectivity index (χ1) is 8.77. The van der Waals surface area contributed by atoms with E-state index in [9.17, 15) is 0 Å². The van der Waals surface area contributed by atoms with Gasteiger partial charge in [0.2, 0.25) is 0 Å². The number of hydrogen-bond donors (Lipinski definition) is 1. The minimum absolute atomic E-state index is 0.628. The molecule has 1 aliphatic heterocycles. The molecule has 0 aromatic heterocycles. The smallest absolute Gasteiger partial charge is 0.0591 e. The molecule has 0 amide bonds. The molecule has 1 heterocycles. The van der Waals surface area contributed by atoms with Gasteiger partial charge in [-0.25, -0.2) is 0 Å². The number of hydrogen-bond acceptors (Lipinski definition) is 3. The quantitative estimate of drug-likeness (QED) is 0.765. The Hall–Kier alpha value is -0.510. The maximum Gasteiger partial charge on any atom is 0.0591 e. The highest BCUT2D eigenvalue weighted by Gasteiger charge is 2.21. The Labute approximate surface area is 114 Å². The largest absolute Gasteiger partial charge is 0.380 e. The predicted molar refractivity (Wildman–Crippen MR) is 78.4 cm³/mol. The number of benzene rings is 1. The minimum Gasteiger partial charge on any atom is -0.380 e. The molecule has 0 saturated heterocycles. The van der Waals surface area contributed by atoms with E-state index in [4.69, 9.17) is 4.74 Å². The molecule has 18 heavy (non-hydrogen) atoms. The second kappa shape index (κ2) is 7.17. The lowest BCUT2D eigenvalue weighted by Gasteiger charge is -2.12. The number of nitrogens with one attached hydrogen (secondary N) is 1. The van der Waals surface area contributed by atoms with Crippen molar-refractivity contribution in [1.29, 1.82) is 0 Å². The van der Waals surface area contributed by atoms with Crippen LogP contribution in [0.5, 0.6) is 0 Å². The van der Waals surface area contributed by atoms with Crippen LogP contribution in [0.4, 0.5) is 0 Å². The van der Waals surface area contributed by atoms with Crippen LogP contribution in [0.3, 0.4) is 0 Å². The van der Waals surface area contributed by atoms with Crippen LogP contribution in [0.15, 0.2) is 29.2 Å². The van der Waals surface area contributed by atoms with E-state index in [1.807, 2.05) is 11.8 Å². The van der Waals surface area contributed by atoms with Crippen LogP contribution in [0.2, 0.25) is 0 Å². The van der Waals surface area contributed by atoms with Crippen LogP contribution in [0.1, 0.15) is 25.3 Å². The van der Waals surface area contributed by atoms with Gasteiger partial charge in [0.05, 0.1) is 6.61 Å². The minimum atomic E-state index is 0.628. The molecule has 0 saturated carbocycles. The Balaban J connectivity index is 1.64. The third-order valence-electron chi connectivity index (χ3n) is 3.06. The van der Waals surface area contributed by atoms with Crippen molar-refractivity contribution in [1.82, 2.24) is 5.32 Å². The highest BCUT2D eigenvalue weighted by atomic mass is 32.2. The standard InChI is InChI=1S/C15H23NOS/c1-12(2)10-17-8-7-16-9-13-11-18-15-6-4-3-5-14(13)15/h3-6,12-13,16H,7-11H2,1-2H3. The second-order valence-corrected chi connectivity index (χ2v) is 6.28. The summed E-state index contributed by atoms with van der Waals surface area (Å²) in [6.45, 7) is 8.06. The van der Waals surface area contributed by atoms with Crippen molar-refractivity contribution in [3.8, 4) is 0 Å². The average molecular weight is 265 g/mol. The van der Waals surface area contributed by atoms with Gasteiger partial charge in [-0.15, -0.1) is 11.8 Å². The molecule has 0 bridgehead atoms. The Morgan fingerprint density at radius 3 is 3.06 bits per heavy atom. The molecular weight excluding hydrogens is 242 g/mol. The highest BCUT2D eigenvalue weighted by Crippen LogP contribution is 2.38. The fourth-order valence-corrected chi connectivity index (χ4v) is 3.39. The zero-order valence-electron chi connectivity index (χ0n) is 11.3. The Morgan fingerprint density at radius 1 is 1.39 bits per heavy atom. The van der Waals surface area contributed by atoms with E-state index in [2.05, 4.69) is 43.4 Å². The van der Waals surface area contributed by atoms with Crippen molar-refractivity contribution in [2.24, 2.45) is 5.92 Å². The fraction of sp³-hybridized carbons (Fsp3) is 0.600. The number of thioether (sulfide) groups is 1. The van der Waals surface area contributed by atoms with Crippen LogP contribution >= 0.6 is 11.8 Å². The van der Waals surface area contributed by atoms with Crippen LogP contribution in [-0.4, -0.2) is 32.1 Å². The zero-order valence-corrected chi connectivity index (χ0v) is 12.1. The molecule has 1 atom stereocenters. The van der Waals surface area contributed by atoms with Gasteiger partial charge in [0.1, 0.15) is 0 Å². The van der Waals surface area contributed by atoms with E-state index in [1.54, 1.807) is 0 Å². The lowest BCUT2D eigenvalue weighted by molar-refractivity contribution is 0.112. The van der Waals surface area contributed by atoms with Crippen molar-refractivity contribution in [3.63, 3.8) is 0 Å². The summed E-state index contributed by atoms with van der Waals surface area (Å²) < 4.78 is 5.56. The Bertz CT molecular complexity index is 367. The molecule has 0 radical (unpaired) electrons. The molecule has 1 aliphatic rings. The normalized spacial score (nSPS) is 18.3. The zero-order chi connectivity index (χ0) is 12.8. The molecule has 2 rings (SSSR count). The molecule has 1 aromatic carbocycles. The summed E-state index contributed by atoms with van der Waals surface area (Å²) in [5.74, 6) is 2.50. The van der Waals surface area contributed by atoms with Gasteiger partial charge in [-0.05, 0) is 17.5 Å². The summed E-state index contributed by atoms with van der Waals surface area (Å²) >= 11 is 1.98. The first-order valence-electron chi connectivity index (χ1n) is 6.77. The van der Waals surface area contributed by atoms with Crippen molar-refractivity contribution in [2.75, 3.05) is 32.1 Å². The topological polar surface area (TPSA) is 21.3 Å². The molecule has 1 unspecified atom stereocenters. The van der Waals surface area contributed by atoms with Crippen molar-refractivity contribution < 1.29 is 4.74 Å². The van der Waals surface area contributed by atoms with Crippen LogP contribution in [0.25, 0.3) is 0 Å². The molecular formula is C15H23NOS. The molecule has 3 heteroatoms. The van der Waals surface area contributed by atoms with E-state index in [0.717, 1.165) is 26.3 Å². The summed E-state index contributed by atoms with van der Waals surface area (Å²) in [7, 11) is 0. The number of fused-ring (bicyclic) bond motifs is 1. The van der Waals surface area contributed by atoms with E-state index in [-0.39, 0.29) is 0 Å². The summed E-state index contributed by atoms with van der Waals surface area (Å²) in [6.07, 6.45) is 0. The fourth-order valence-electron chi connectivity index (χ4n) is 2.14. The summed E-state index contributed by atoms with van der Waals surface area (Å²) in [6, 6.07) is 8.76. The van der Waals surface area contributed by atoms with Crippen LogP contribution < -0.4 is 5.32 Å². The average Bonchev–Trinajstić information content (AvgIpc) is 2.77. The van der Waals surface area contributed by atoms with Crippen molar-refractivity contribution in [3.05, 3.63) is 29.8 Å². The number of rotatable bonds is 7. The monoisotopic (exact) mass is 265 g/mol. The molecule has 0 aliphatic carbocycles. The van der Waals surface area contributed by atoms with E-state index in [0.29, 0.717) is 11.8 Å². The van der Waals surface area contributed by atoms with E-state index in [1.165, 1.54) is 16.2 Å². The summed E-state index contributed by atoms with van der Waals surface area (Å²) in [4.78, 5) is 1.46. The molecule has 0 spiro atoms. The van der Waals surface area contributed by atoms with Crippen LogP contribution in [0, 0.1) is 5.92 Å². The van der Waals surface area contributed by atoms with Crippen molar-refractivity contribution in [2.45, 2.75) is 24.7 Å². The molecule has 1 aromatic rings. The molecule has 0 fully saturated rings. The highest BCUT2D eigenvalue weighted by molar-refractivity contribution is 7.99. The lowest BCUT2D eigenvalue weighted by atomic mass is 10.0. The summed E-state index contributed by atoms with van der Waals surface area (Å²) in [5, 5.41) is 3.50. The third kappa shape index (κ3) is 4.01. The van der Waals surface area contributed by atoms with Gasteiger partial charge in [0.15, 0.2) is 0 Å². The van der Waals surface area contributed by atoms with Crippen LogP contribution in [-0.2, 0) is 4.74 Å². The Kier molecular flexibility index (Phi) is 5.54. The second-order valence-electron chi connectivity index (χ2n) is 5.22. The van der Waals surface area contributed by atoms with Crippen molar-refractivity contribution >= 4 is 11.8 Å². The number of ether oxygens (including phenoxy) is 1. The van der Waals surface area contributed by atoms with Gasteiger partial charge in [0.25, 0.3) is 0 Å². The van der Waals surface area contributed by atoms with E-state index < -0.39 is 0 Å². The van der Waals surface area contributed by atoms with Gasteiger partial charge in [-0.3, -0.25) is 0 Å². The first-order valence-corrected chi connectivity index (χ1v) is 7.76. The van der Waals surface area contributed by atoms with Gasteiger partial charge >= 0.3 is 0 Å². The molecule has 100 valence electrons. The van der Waals surface area contributed by atoms with Gasteiger partial charge < -0.3 is 10.1 Å².